The zero-order valence-electron chi connectivity index (χ0n) is 7.11. The predicted octanol–water partition coefficient (Wildman–Crippen LogP) is -0.145. The van der Waals surface area contributed by atoms with Gasteiger partial charge in [-0.3, -0.25) is 4.68 Å². The van der Waals surface area contributed by atoms with Crippen molar-refractivity contribution >= 4 is 0 Å². The Labute approximate surface area is 72.2 Å². The molecule has 1 aromatic heterocycles. The maximum Gasteiger partial charge on any atom is 0.0533 e. The van der Waals surface area contributed by atoms with Crippen LogP contribution in [0.4, 0.5) is 0 Å². The normalized spacial score (nSPS) is 10.4. The van der Waals surface area contributed by atoms with E-state index in [1.54, 1.807) is 6.20 Å². The van der Waals surface area contributed by atoms with E-state index in [9.17, 15) is 0 Å². The molecule has 0 aliphatic rings. The molecule has 4 nitrogen and oxygen atoms in total. The van der Waals surface area contributed by atoms with E-state index < -0.39 is 0 Å². The number of rotatable bonds is 6. The van der Waals surface area contributed by atoms with E-state index in [0.717, 1.165) is 26.1 Å². The van der Waals surface area contributed by atoms with Crippen LogP contribution in [-0.2, 0) is 6.54 Å². The molecule has 68 valence electrons. The predicted molar refractivity (Wildman–Crippen MR) is 46.8 cm³/mol. The lowest BCUT2D eigenvalue weighted by molar-refractivity contribution is 0.285. The number of aliphatic hydroxyl groups excluding tert-OH is 1. The first kappa shape index (κ1) is 9.22. The van der Waals surface area contributed by atoms with E-state index in [1.807, 2.05) is 16.9 Å². The second kappa shape index (κ2) is 5.74. The van der Waals surface area contributed by atoms with E-state index in [1.165, 1.54) is 0 Å². The minimum atomic E-state index is 0.259. The van der Waals surface area contributed by atoms with Gasteiger partial charge in [0.05, 0.1) is 6.54 Å². The lowest BCUT2D eigenvalue weighted by Crippen LogP contribution is -2.21. The Morgan fingerprint density at radius 3 is 3.00 bits per heavy atom. The molecule has 0 unspecified atom stereocenters. The lowest BCUT2D eigenvalue weighted by Gasteiger charge is -2.02. The summed E-state index contributed by atoms with van der Waals surface area (Å²) in [7, 11) is 0. The number of aromatic nitrogens is 2. The van der Waals surface area contributed by atoms with Gasteiger partial charge in [0.25, 0.3) is 0 Å². The van der Waals surface area contributed by atoms with Crippen molar-refractivity contribution in [2.24, 2.45) is 0 Å². The number of nitrogens with zero attached hydrogens (tertiary/aromatic N) is 2. The second-order valence-electron chi connectivity index (χ2n) is 2.60. The van der Waals surface area contributed by atoms with Crippen molar-refractivity contribution in [3.63, 3.8) is 0 Å². The van der Waals surface area contributed by atoms with Crippen LogP contribution in [0.1, 0.15) is 6.42 Å². The number of nitrogens with one attached hydrogen (secondary N) is 1. The van der Waals surface area contributed by atoms with Gasteiger partial charge in [-0.15, -0.1) is 0 Å². The molecule has 4 heteroatoms. The first-order chi connectivity index (χ1) is 5.93. The van der Waals surface area contributed by atoms with Gasteiger partial charge in [-0.2, -0.15) is 5.10 Å². The van der Waals surface area contributed by atoms with Gasteiger partial charge in [0, 0.05) is 25.5 Å². The molecule has 12 heavy (non-hydrogen) atoms. The molecule has 0 amide bonds. The summed E-state index contributed by atoms with van der Waals surface area (Å²) in [5, 5.41) is 15.8. The molecular formula is C8H15N3O. The SMILES string of the molecule is OCCCNCCn1cccn1. The third-order valence-corrected chi connectivity index (χ3v) is 1.59. The van der Waals surface area contributed by atoms with Crippen molar-refractivity contribution in [2.45, 2.75) is 13.0 Å². The number of hydrogen-bond donors (Lipinski definition) is 2. The zero-order valence-corrected chi connectivity index (χ0v) is 7.11. The van der Waals surface area contributed by atoms with Gasteiger partial charge in [0.1, 0.15) is 0 Å². The number of hydrogen-bond acceptors (Lipinski definition) is 3. The molecule has 0 aromatic carbocycles. The van der Waals surface area contributed by atoms with Crippen molar-refractivity contribution in [1.82, 2.24) is 15.1 Å². The Bertz CT molecular complexity index is 186. The molecule has 0 saturated carbocycles. The summed E-state index contributed by atoms with van der Waals surface area (Å²) in [6.45, 7) is 2.92. The average Bonchev–Trinajstić information content (AvgIpc) is 2.57. The maximum atomic E-state index is 8.49. The minimum absolute atomic E-state index is 0.259. The quantitative estimate of drug-likeness (QED) is 0.582. The van der Waals surface area contributed by atoms with Crippen LogP contribution in [0.25, 0.3) is 0 Å². The topological polar surface area (TPSA) is 50.1 Å². The standard InChI is InChI=1S/C8H15N3O/c12-8-2-3-9-5-7-11-6-1-4-10-11/h1,4,6,9,12H,2-3,5,7-8H2. The monoisotopic (exact) mass is 169 g/mol. The summed E-state index contributed by atoms with van der Waals surface area (Å²) in [5.74, 6) is 0. The maximum absolute atomic E-state index is 8.49. The molecule has 0 bridgehead atoms. The highest BCUT2D eigenvalue weighted by molar-refractivity contribution is 4.77. The Morgan fingerprint density at radius 2 is 2.33 bits per heavy atom. The van der Waals surface area contributed by atoms with Gasteiger partial charge in [-0.1, -0.05) is 0 Å². The zero-order chi connectivity index (χ0) is 8.65. The second-order valence-corrected chi connectivity index (χ2v) is 2.60. The van der Waals surface area contributed by atoms with Crippen molar-refractivity contribution in [3.05, 3.63) is 18.5 Å². The average molecular weight is 169 g/mol. The summed E-state index contributed by atoms with van der Waals surface area (Å²) in [5.41, 5.74) is 0. The van der Waals surface area contributed by atoms with Crippen LogP contribution in [0, 0.1) is 0 Å². The Hall–Kier alpha value is -0.870. The van der Waals surface area contributed by atoms with Gasteiger partial charge in [-0.05, 0) is 19.0 Å². The molecule has 0 radical (unpaired) electrons. The van der Waals surface area contributed by atoms with Gasteiger partial charge in [0.15, 0.2) is 0 Å². The Morgan fingerprint density at radius 1 is 1.42 bits per heavy atom. The van der Waals surface area contributed by atoms with E-state index in [-0.39, 0.29) is 6.61 Å². The largest absolute Gasteiger partial charge is 0.396 e. The van der Waals surface area contributed by atoms with Crippen LogP contribution in [0.15, 0.2) is 18.5 Å². The summed E-state index contributed by atoms with van der Waals surface area (Å²) in [6.07, 6.45) is 4.53. The van der Waals surface area contributed by atoms with Crippen LogP contribution in [0.5, 0.6) is 0 Å². The van der Waals surface area contributed by atoms with E-state index in [0.29, 0.717) is 0 Å². The van der Waals surface area contributed by atoms with Crippen LogP contribution in [0.3, 0.4) is 0 Å². The fraction of sp³-hybridized carbons (Fsp3) is 0.625. The minimum Gasteiger partial charge on any atom is -0.396 e. The molecule has 1 rings (SSSR count). The fourth-order valence-corrected chi connectivity index (χ4v) is 0.955. The van der Waals surface area contributed by atoms with Crippen molar-refractivity contribution < 1.29 is 5.11 Å². The van der Waals surface area contributed by atoms with Crippen LogP contribution in [-0.4, -0.2) is 34.6 Å². The van der Waals surface area contributed by atoms with E-state index >= 15 is 0 Å². The third-order valence-electron chi connectivity index (χ3n) is 1.59. The number of aliphatic hydroxyl groups is 1. The summed E-state index contributed by atoms with van der Waals surface area (Å²) >= 11 is 0. The molecule has 0 spiro atoms. The lowest BCUT2D eigenvalue weighted by atomic mass is 10.4. The van der Waals surface area contributed by atoms with E-state index in [4.69, 9.17) is 5.11 Å². The van der Waals surface area contributed by atoms with Crippen molar-refractivity contribution in [3.8, 4) is 0 Å². The van der Waals surface area contributed by atoms with Crippen molar-refractivity contribution in [2.75, 3.05) is 19.7 Å². The molecule has 0 atom stereocenters. The van der Waals surface area contributed by atoms with Crippen molar-refractivity contribution in [1.29, 1.82) is 0 Å². The first-order valence-electron chi connectivity index (χ1n) is 4.22. The van der Waals surface area contributed by atoms with Crippen LogP contribution >= 0.6 is 0 Å². The molecule has 1 aromatic rings. The molecule has 0 aliphatic carbocycles. The van der Waals surface area contributed by atoms with Gasteiger partial charge in [-0.25, -0.2) is 0 Å². The highest BCUT2D eigenvalue weighted by atomic mass is 16.3. The first-order valence-corrected chi connectivity index (χ1v) is 4.22. The fourth-order valence-electron chi connectivity index (χ4n) is 0.955. The summed E-state index contributed by atoms with van der Waals surface area (Å²) < 4.78 is 1.88. The smallest absolute Gasteiger partial charge is 0.0533 e. The molecule has 0 aliphatic heterocycles. The molecule has 0 fully saturated rings. The highest BCUT2D eigenvalue weighted by Gasteiger charge is 1.89. The summed E-state index contributed by atoms with van der Waals surface area (Å²) in [6, 6.07) is 1.91. The molecular weight excluding hydrogens is 154 g/mol. The molecule has 2 N–H and O–H groups in total. The molecule has 0 saturated heterocycles. The van der Waals surface area contributed by atoms with E-state index in [2.05, 4.69) is 10.4 Å². The highest BCUT2D eigenvalue weighted by Crippen LogP contribution is 1.82. The Balaban J connectivity index is 1.96. The van der Waals surface area contributed by atoms with Crippen LogP contribution in [0.2, 0.25) is 0 Å². The van der Waals surface area contributed by atoms with Crippen LogP contribution < -0.4 is 5.32 Å². The third kappa shape index (κ3) is 3.50. The van der Waals surface area contributed by atoms with Gasteiger partial charge < -0.3 is 10.4 Å². The molecule has 1 heterocycles. The van der Waals surface area contributed by atoms with Gasteiger partial charge >= 0.3 is 0 Å². The summed E-state index contributed by atoms with van der Waals surface area (Å²) in [4.78, 5) is 0. The Kier molecular flexibility index (Phi) is 4.41. The van der Waals surface area contributed by atoms with Gasteiger partial charge in [0.2, 0.25) is 0 Å².